The maximum atomic E-state index is 6.13. The van der Waals surface area contributed by atoms with E-state index < -0.39 is 0 Å². The predicted molar refractivity (Wildman–Crippen MR) is 55.3 cm³/mol. The number of H-pyrrole nitrogens is 1. The van der Waals surface area contributed by atoms with Gasteiger partial charge in [-0.15, -0.1) is 0 Å². The van der Waals surface area contributed by atoms with Gasteiger partial charge in [0.15, 0.2) is 5.65 Å². The van der Waals surface area contributed by atoms with Crippen molar-refractivity contribution in [1.29, 1.82) is 0 Å². The highest BCUT2D eigenvalue weighted by Gasteiger charge is 2.08. The molecule has 0 bridgehead atoms. The summed E-state index contributed by atoms with van der Waals surface area (Å²) < 4.78 is 0. The van der Waals surface area contributed by atoms with Crippen molar-refractivity contribution in [3.05, 3.63) is 23.0 Å². The first-order valence-electron chi connectivity index (χ1n) is 4.53. The molecule has 0 fully saturated rings. The van der Waals surface area contributed by atoms with E-state index in [1.165, 1.54) is 0 Å². The molecule has 15 heavy (non-hydrogen) atoms. The summed E-state index contributed by atoms with van der Waals surface area (Å²) in [5, 5.41) is 7.97. The highest BCUT2D eigenvalue weighted by molar-refractivity contribution is 6.35. The smallest absolute Gasteiger partial charge is 0.156 e. The number of nitrogens with one attached hydrogen (secondary N) is 1. The van der Waals surface area contributed by atoms with E-state index >= 15 is 0 Å². The summed E-state index contributed by atoms with van der Waals surface area (Å²) in [6.07, 6.45) is 3.27. The number of rotatable bonds is 4. The van der Waals surface area contributed by atoms with Gasteiger partial charge in [-0.3, -0.25) is 5.10 Å². The van der Waals surface area contributed by atoms with Gasteiger partial charge in [-0.1, -0.05) is 11.6 Å². The van der Waals surface area contributed by atoms with E-state index in [4.69, 9.17) is 21.4 Å². The van der Waals surface area contributed by atoms with Crippen molar-refractivity contribution < 1.29 is 9.78 Å². The van der Waals surface area contributed by atoms with Crippen LogP contribution in [0.25, 0.3) is 11.0 Å². The molecule has 0 amide bonds. The third-order valence-electron chi connectivity index (χ3n) is 1.90. The molecule has 5 nitrogen and oxygen atoms in total. The van der Waals surface area contributed by atoms with Gasteiger partial charge in [0.25, 0.3) is 0 Å². The van der Waals surface area contributed by atoms with Crippen LogP contribution in [0.1, 0.15) is 12.5 Å². The fourth-order valence-corrected chi connectivity index (χ4v) is 1.44. The summed E-state index contributed by atoms with van der Waals surface area (Å²) in [6, 6.07) is 0. The van der Waals surface area contributed by atoms with Crippen LogP contribution < -0.4 is 0 Å². The number of nitrogens with zero attached hydrogens (tertiary/aromatic N) is 2. The zero-order valence-corrected chi connectivity index (χ0v) is 8.91. The van der Waals surface area contributed by atoms with Gasteiger partial charge in [-0.05, 0) is 6.92 Å². The van der Waals surface area contributed by atoms with Crippen molar-refractivity contribution in [1.82, 2.24) is 15.2 Å². The topological polar surface area (TPSA) is 60.0 Å². The lowest BCUT2D eigenvalue weighted by atomic mass is 10.2. The minimum atomic E-state index is 0.279. The van der Waals surface area contributed by atoms with Gasteiger partial charge in [0, 0.05) is 11.8 Å². The molecule has 0 aliphatic heterocycles. The summed E-state index contributed by atoms with van der Waals surface area (Å²) in [5.41, 5.74) is 1.44. The van der Waals surface area contributed by atoms with Crippen LogP contribution >= 0.6 is 11.6 Å². The Morgan fingerprint density at radius 2 is 2.27 bits per heavy atom. The first-order chi connectivity index (χ1) is 7.33. The summed E-state index contributed by atoms with van der Waals surface area (Å²) in [6.45, 7) is 2.62. The molecule has 2 aromatic rings. The number of aromatic nitrogens is 3. The van der Waals surface area contributed by atoms with Gasteiger partial charge < -0.3 is 0 Å². The second-order valence-electron chi connectivity index (χ2n) is 2.90. The lowest BCUT2D eigenvalue weighted by molar-refractivity contribution is -0.300. The Kier molecular flexibility index (Phi) is 3.15. The van der Waals surface area contributed by atoms with E-state index in [1.54, 1.807) is 12.4 Å². The Hall–Kier alpha value is -1.17. The third-order valence-corrected chi connectivity index (χ3v) is 2.35. The zero-order chi connectivity index (χ0) is 10.7. The van der Waals surface area contributed by atoms with Crippen molar-refractivity contribution in [3.63, 3.8) is 0 Å². The number of hydrogen-bond acceptors (Lipinski definition) is 4. The van der Waals surface area contributed by atoms with E-state index in [0.29, 0.717) is 17.3 Å². The van der Waals surface area contributed by atoms with Crippen LogP contribution in [0.2, 0.25) is 5.02 Å². The van der Waals surface area contributed by atoms with Crippen LogP contribution in [-0.4, -0.2) is 21.8 Å². The first-order valence-corrected chi connectivity index (χ1v) is 4.91. The Bertz CT molecular complexity index is 458. The molecule has 0 radical (unpaired) electrons. The minimum absolute atomic E-state index is 0.279. The van der Waals surface area contributed by atoms with Crippen molar-refractivity contribution in [2.75, 3.05) is 6.61 Å². The van der Waals surface area contributed by atoms with E-state index in [1.807, 2.05) is 6.92 Å². The van der Waals surface area contributed by atoms with Crippen LogP contribution in [0.3, 0.4) is 0 Å². The molecule has 80 valence electrons. The molecule has 0 atom stereocenters. The van der Waals surface area contributed by atoms with E-state index in [2.05, 4.69) is 15.2 Å². The van der Waals surface area contributed by atoms with E-state index in [9.17, 15) is 0 Å². The average molecular weight is 228 g/mol. The summed E-state index contributed by atoms with van der Waals surface area (Å²) in [7, 11) is 0. The second-order valence-corrected chi connectivity index (χ2v) is 3.28. The predicted octanol–water partition coefficient (Wildman–Crippen LogP) is 2.08. The summed E-state index contributed by atoms with van der Waals surface area (Å²) in [5.74, 6) is 0. The molecule has 2 rings (SSSR count). The average Bonchev–Trinajstić information content (AvgIpc) is 2.70. The molecular weight excluding hydrogens is 218 g/mol. The lowest BCUT2D eigenvalue weighted by Gasteiger charge is -2.04. The van der Waals surface area contributed by atoms with Crippen LogP contribution in [0.15, 0.2) is 12.4 Å². The van der Waals surface area contributed by atoms with Crippen LogP contribution in [0.5, 0.6) is 0 Å². The summed E-state index contributed by atoms with van der Waals surface area (Å²) in [4.78, 5) is 13.8. The minimum Gasteiger partial charge on any atom is -0.261 e. The van der Waals surface area contributed by atoms with Crippen molar-refractivity contribution in [2.45, 2.75) is 13.5 Å². The van der Waals surface area contributed by atoms with Gasteiger partial charge >= 0.3 is 0 Å². The molecule has 1 N–H and O–H groups in total. The highest BCUT2D eigenvalue weighted by atomic mass is 35.5. The quantitative estimate of drug-likeness (QED) is 0.494. The second kappa shape index (κ2) is 4.57. The van der Waals surface area contributed by atoms with Gasteiger partial charge in [0.05, 0.1) is 23.2 Å². The number of aromatic amines is 1. The molecule has 2 aromatic heterocycles. The number of fused-ring (bicyclic) bond motifs is 1. The van der Waals surface area contributed by atoms with Crippen molar-refractivity contribution in [2.24, 2.45) is 0 Å². The van der Waals surface area contributed by atoms with Crippen molar-refractivity contribution >= 4 is 22.6 Å². The largest absolute Gasteiger partial charge is 0.261 e. The Balaban J connectivity index is 2.23. The number of halogens is 1. The summed E-state index contributed by atoms with van der Waals surface area (Å²) >= 11 is 6.13. The third kappa shape index (κ3) is 2.09. The van der Waals surface area contributed by atoms with Gasteiger partial charge in [-0.2, -0.15) is 5.10 Å². The highest BCUT2D eigenvalue weighted by Crippen LogP contribution is 2.24. The molecule has 0 spiro atoms. The molecule has 0 saturated carbocycles. The molecule has 0 aliphatic rings. The standard InChI is InChI=1S/C9H10ClN3O2/c1-2-14-15-5-6-3-11-9-7(8(6)10)4-12-13-9/h3-4H,2,5H2,1H3,(H,11,12,13). The Morgan fingerprint density at radius 1 is 1.40 bits per heavy atom. The zero-order valence-electron chi connectivity index (χ0n) is 8.16. The van der Waals surface area contributed by atoms with Crippen molar-refractivity contribution in [3.8, 4) is 0 Å². The fourth-order valence-electron chi connectivity index (χ4n) is 1.20. The molecule has 0 unspecified atom stereocenters. The molecule has 0 aromatic carbocycles. The van der Waals surface area contributed by atoms with Crippen LogP contribution in [-0.2, 0) is 16.4 Å². The Morgan fingerprint density at radius 3 is 3.07 bits per heavy atom. The lowest BCUT2D eigenvalue weighted by Crippen LogP contribution is -1.96. The van der Waals surface area contributed by atoms with Crippen LogP contribution in [0.4, 0.5) is 0 Å². The van der Waals surface area contributed by atoms with Gasteiger partial charge in [-0.25, -0.2) is 14.8 Å². The number of pyridine rings is 1. The molecule has 0 aliphatic carbocycles. The monoisotopic (exact) mass is 227 g/mol. The molecule has 0 saturated heterocycles. The maximum absolute atomic E-state index is 6.13. The normalized spacial score (nSPS) is 11.1. The molecular formula is C9H10ClN3O2. The van der Waals surface area contributed by atoms with Gasteiger partial charge in [0.1, 0.15) is 6.61 Å². The number of hydrogen-bond donors (Lipinski definition) is 1. The van der Waals surface area contributed by atoms with E-state index in [0.717, 1.165) is 10.9 Å². The Labute approximate surface area is 91.3 Å². The SMILES string of the molecule is CCOOCc1cnc2[nH]ncc2c1Cl. The van der Waals surface area contributed by atoms with Gasteiger partial charge in [0.2, 0.25) is 0 Å². The maximum Gasteiger partial charge on any atom is 0.156 e. The fraction of sp³-hybridized carbons (Fsp3) is 0.333. The van der Waals surface area contributed by atoms with E-state index in [-0.39, 0.29) is 6.61 Å². The van der Waals surface area contributed by atoms with Crippen LogP contribution in [0, 0.1) is 0 Å². The molecule has 2 heterocycles. The molecule has 6 heteroatoms. The first kappa shape index (κ1) is 10.4.